The van der Waals surface area contributed by atoms with Crippen molar-refractivity contribution in [3.05, 3.63) is 0 Å². The third kappa shape index (κ3) is 11.3. The molecule has 142 valence electrons. The molecule has 0 bridgehead atoms. The van der Waals surface area contributed by atoms with Crippen LogP contribution in [0.4, 0.5) is 0 Å². The van der Waals surface area contributed by atoms with Crippen molar-refractivity contribution in [1.29, 1.82) is 0 Å². The highest BCUT2D eigenvalue weighted by atomic mass is 16.1. The standard InChI is InChI=1S/C18H39N5O/c1-7-15(4)21-17(24)12-13-20-18(19-6)22-16(5)11-10-14-23(8-2)9-3/h15-16H,7-14H2,1-6H3,(H,21,24)(H2,19,20,22). The number of hydrogen-bond acceptors (Lipinski definition) is 3. The van der Waals surface area contributed by atoms with Gasteiger partial charge >= 0.3 is 0 Å². The number of guanidine groups is 1. The highest BCUT2D eigenvalue weighted by Crippen LogP contribution is 1.99. The van der Waals surface area contributed by atoms with E-state index >= 15 is 0 Å². The van der Waals surface area contributed by atoms with Gasteiger partial charge in [-0.2, -0.15) is 0 Å². The molecule has 0 aromatic heterocycles. The summed E-state index contributed by atoms with van der Waals surface area (Å²) in [7, 11) is 1.76. The van der Waals surface area contributed by atoms with E-state index < -0.39 is 0 Å². The molecule has 0 aliphatic carbocycles. The van der Waals surface area contributed by atoms with Crippen molar-refractivity contribution in [2.24, 2.45) is 4.99 Å². The van der Waals surface area contributed by atoms with Crippen LogP contribution in [-0.4, -0.2) is 62.1 Å². The molecule has 0 radical (unpaired) electrons. The Morgan fingerprint density at radius 3 is 2.29 bits per heavy atom. The quantitative estimate of drug-likeness (QED) is 0.375. The number of rotatable bonds is 12. The third-order valence-corrected chi connectivity index (χ3v) is 4.28. The van der Waals surface area contributed by atoms with E-state index in [2.05, 4.69) is 53.5 Å². The second kappa shape index (κ2) is 14.1. The second-order valence-electron chi connectivity index (χ2n) is 6.34. The second-order valence-corrected chi connectivity index (χ2v) is 6.34. The molecule has 6 nitrogen and oxygen atoms in total. The number of nitrogens with zero attached hydrogens (tertiary/aromatic N) is 2. The van der Waals surface area contributed by atoms with Crippen molar-refractivity contribution in [3.63, 3.8) is 0 Å². The van der Waals surface area contributed by atoms with Gasteiger partial charge in [0.25, 0.3) is 0 Å². The van der Waals surface area contributed by atoms with E-state index in [1.165, 1.54) is 6.42 Å². The van der Waals surface area contributed by atoms with Crippen molar-refractivity contribution in [1.82, 2.24) is 20.9 Å². The van der Waals surface area contributed by atoms with E-state index in [1.807, 2.05) is 6.92 Å². The lowest BCUT2D eigenvalue weighted by molar-refractivity contribution is -0.121. The Hall–Kier alpha value is -1.30. The SMILES string of the molecule is CCC(C)NC(=O)CCNC(=NC)NC(C)CCCN(CC)CC. The zero-order chi connectivity index (χ0) is 18.4. The van der Waals surface area contributed by atoms with Gasteiger partial charge in [-0.05, 0) is 52.7 Å². The molecule has 0 heterocycles. The average molecular weight is 342 g/mol. The highest BCUT2D eigenvalue weighted by Gasteiger charge is 2.08. The molecule has 0 aliphatic rings. The van der Waals surface area contributed by atoms with Crippen molar-refractivity contribution < 1.29 is 4.79 Å². The Balaban J connectivity index is 3.95. The number of nitrogens with one attached hydrogen (secondary N) is 3. The van der Waals surface area contributed by atoms with E-state index in [9.17, 15) is 4.79 Å². The van der Waals surface area contributed by atoms with E-state index in [4.69, 9.17) is 0 Å². The highest BCUT2D eigenvalue weighted by molar-refractivity contribution is 5.81. The molecular formula is C18H39N5O. The molecule has 0 saturated heterocycles. The van der Waals surface area contributed by atoms with Crippen LogP contribution in [0.25, 0.3) is 0 Å². The van der Waals surface area contributed by atoms with Gasteiger partial charge in [0.05, 0.1) is 0 Å². The van der Waals surface area contributed by atoms with Crippen LogP contribution >= 0.6 is 0 Å². The number of carbonyl (C=O) groups excluding carboxylic acids is 1. The predicted molar refractivity (Wildman–Crippen MR) is 103 cm³/mol. The average Bonchev–Trinajstić information content (AvgIpc) is 2.57. The van der Waals surface area contributed by atoms with E-state index in [1.54, 1.807) is 7.05 Å². The molecule has 0 aromatic carbocycles. The van der Waals surface area contributed by atoms with Crippen LogP contribution in [-0.2, 0) is 4.79 Å². The van der Waals surface area contributed by atoms with Crippen LogP contribution in [0.2, 0.25) is 0 Å². The first kappa shape index (κ1) is 22.7. The first-order valence-corrected chi connectivity index (χ1v) is 9.45. The molecular weight excluding hydrogens is 302 g/mol. The van der Waals surface area contributed by atoms with E-state index in [0.29, 0.717) is 19.0 Å². The Morgan fingerprint density at radius 2 is 1.75 bits per heavy atom. The predicted octanol–water partition coefficient (Wildman–Crippen LogP) is 1.97. The maximum atomic E-state index is 11.8. The normalized spacial score (nSPS) is 14.4. The molecule has 0 spiro atoms. The fourth-order valence-electron chi connectivity index (χ4n) is 2.40. The summed E-state index contributed by atoms with van der Waals surface area (Å²) in [6, 6.07) is 0.599. The van der Waals surface area contributed by atoms with Gasteiger partial charge in [-0.3, -0.25) is 9.79 Å². The Bertz CT molecular complexity index is 355. The molecule has 0 aliphatic heterocycles. The number of amides is 1. The molecule has 0 rings (SSSR count). The zero-order valence-electron chi connectivity index (χ0n) is 16.6. The molecule has 0 fully saturated rings. The van der Waals surface area contributed by atoms with Crippen molar-refractivity contribution in [3.8, 4) is 0 Å². The molecule has 0 saturated carbocycles. The minimum absolute atomic E-state index is 0.0829. The molecule has 6 heteroatoms. The summed E-state index contributed by atoms with van der Waals surface area (Å²) in [5.74, 6) is 0.848. The van der Waals surface area contributed by atoms with Crippen LogP contribution in [0, 0.1) is 0 Å². The van der Waals surface area contributed by atoms with Gasteiger partial charge in [-0.15, -0.1) is 0 Å². The van der Waals surface area contributed by atoms with Gasteiger partial charge in [0.15, 0.2) is 5.96 Å². The number of hydrogen-bond donors (Lipinski definition) is 3. The van der Waals surface area contributed by atoms with Gasteiger partial charge in [0.2, 0.25) is 5.91 Å². The summed E-state index contributed by atoms with van der Waals surface area (Å²) in [5, 5.41) is 9.57. The summed E-state index contributed by atoms with van der Waals surface area (Å²) >= 11 is 0. The zero-order valence-corrected chi connectivity index (χ0v) is 16.6. The summed E-state index contributed by atoms with van der Waals surface area (Å²) in [6.07, 6.45) is 3.69. The van der Waals surface area contributed by atoms with Crippen LogP contribution in [0.15, 0.2) is 4.99 Å². The lowest BCUT2D eigenvalue weighted by Crippen LogP contribution is -2.44. The monoisotopic (exact) mass is 341 g/mol. The summed E-state index contributed by atoms with van der Waals surface area (Å²) in [4.78, 5) is 18.4. The Labute approximate surface area is 148 Å². The van der Waals surface area contributed by atoms with E-state index in [-0.39, 0.29) is 11.9 Å². The maximum absolute atomic E-state index is 11.8. The molecule has 2 unspecified atom stereocenters. The smallest absolute Gasteiger partial charge is 0.221 e. The van der Waals surface area contributed by atoms with Gasteiger partial charge in [-0.1, -0.05) is 20.8 Å². The molecule has 24 heavy (non-hydrogen) atoms. The minimum Gasteiger partial charge on any atom is -0.356 e. The summed E-state index contributed by atoms with van der Waals surface area (Å²) in [6.45, 7) is 14.6. The molecule has 0 aromatic rings. The first-order valence-electron chi connectivity index (χ1n) is 9.45. The van der Waals surface area contributed by atoms with Gasteiger partial charge in [0.1, 0.15) is 0 Å². The van der Waals surface area contributed by atoms with E-state index in [0.717, 1.165) is 38.4 Å². The fraction of sp³-hybridized carbons (Fsp3) is 0.889. The lowest BCUT2D eigenvalue weighted by Gasteiger charge is -2.21. The third-order valence-electron chi connectivity index (χ3n) is 4.28. The van der Waals surface area contributed by atoms with Gasteiger partial charge in [0, 0.05) is 32.1 Å². The number of aliphatic imine (C=N–C) groups is 1. The van der Waals surface area contributed by atoms with Crippen LogP contribution in [0.3, 0.4) is 0 Å². The fourth-order valence-corrected chi connectivity index (χ4v) is 2.40. The summed E-state index contributed by atoms with van der Waals surface area (Å²) in [5.41, 5.74) is 0. The van der Waals surface area contributed by atoms with Gasteiger partial charge < -0.3 is 20.9 Å². The van der Waals surface area contributed by atoms with Crippen LogP contribution < -0.4 is 16.0 Å². The minimum atomic E-state index is 0.0829. The van der Waals surface area contributed by atoms with Gasteiger partial charge in [-0.25, -0.2) is 0 Å². The molecule has 2 atom stereocenters. The summed E-state index contributed by atoms with van der Waals surface area (Å²) < 4.78 is 0. The Kier molecular flexibility index (Phi) is 13.3. The van der Waals surface area contributed by atoms with Crippen LogP contribution in [0.5, 0.6) is 0 Å². The van der Waals surface area contributed by atoms with Crippen molar-refractivity contribution >= 4 is 11.9 Å². The van der Waals surface area contributed by atoms with Crippen molar-refractivity contribution in [2.45, 2.75) is 72.4 Å². The lowest BCUT2D eigenvalue weighted by atomic mass is 10.2. The largest absolute Gasteiger partial charge is 0.356 e. The number of carbonyl (C=O) groups is 1. The Morgan fingerprint density at radius 1 is 1.08 bits per heavy atom. The van der Waals surface area contributed by atoms with Crippen LogP contribution in [0.1, 0.15) is 60.3 Å². The maximum Gasteiger partial charge on any atom is 0.221 e. The first-order chi connectivity index (χ1) is 11.5. The van der Waals surface area contributed by atoms with Crippen molar-refractivity contribution in [2.75, 3.05) is 33.2 Å². The topological polar surface area (TPSA) is 68.8 Å². The molecule has 1 amide bonds. The molecule has 3 N–H and O–H groups in total.